The first kappa shape index (κ1) is 13.6. The molecule has 0 spiro atoms. The molecule has 0 aromatic heterocycles. The summed E-state index contributed by atoms with van der Waals surface area (Å²) in [5.74, 6) is 0.478. The maximum Gasteiger partial charge on any atom is 0.315 e. The summed E-state index contributed by atoms with van der Waals surface area (Å²) < 4.78 is 0. The molecule has 2 amide bonds. The van der Waals surface area contributed by atoms with Crippen molar-refractivity contribution in [2.45, 2.75) is 39.7 Å². The van der Waals surface area contributed by atoms with Gasteiger partial charge in [0.15, 0.2) is 0 Å². The third-order valence-corrected chi connectivity index (χ3v) is 2.65. The van der Waals surface area contributed by atoms with Crippen molar-refractivity contribution < 1.29 is 4.79 Å². The topological polar surface area (TPSA) is 41.1 Å². The van der Waals surface area contributed by atoms with Crippen molar-refractivity contribution in [1.29, 1.82) is 0 Å². The zero-order chi connectivity index (χ0) is 12.7. The first-order valence-corrected chi connectivity index (χ1v) is 6.24. The Bertz CT molecular complexity index is 361. The van der Waals surface area contributed by atoms with Crippen molar-refractivity contribution in [3.8, 4) is 0 Å². The van der Waals surface area contributed by atoms with Crippen LogP contribution in [0.15, 0.2) is 24.3 Å². The van der Waals surface area contributed by atoms with Crippen LogP contribution in [0.25, 0.3) is 0 Å². The number of carbonyl (C=O) groups excluding carboxylic acids is 1. The Morgan fingerprint density at radius 3 is 2.59 bits per heavy atom. The largest absolute Gasteiger partial charge is 0.338 e. The number of nitrogens with one attached hydrogen (secondary N) is 2. The van der Waals surface area contributed by atoms with Gasteiger partial charge in [0.2, 0.25) is 0 Å². The molecular weight excluding hydrogens is 212 g/mol. The predicted molar refractivity (Wildman–Crippen MR) is 71.1 cm³/mol. The summed E-state index contributed by atoms with van der Waals surface area (Å²) in [5.41, 5.74) is 2.48. The van der Waals surface area contributed by atoms with E-state index in [4.69, 9.17) is 0 Å². The highest BCUT2D eigenvalue weighted by molar-refractivity contribution is 5.73. The Kier molecular flexibility index (Phi) is 5.53. The van der Waals surface area contributed by atoms with Crippen molar-refractivity contribution in [1.82, 2.24) is 10.6 Å². The molecule has 0 aliphatic heterocycles. The second-order valence-electron chi connectivity index (χ2n) is 4.46. The molecule has 0 bridgehead atoms. The van der Waals surface area contributed by atoms with Gasteiger partial charge in [0.25, 0.3) is 0 Å². The van der Waals surface area contributed by atoms with Crippen molar-refractivity contribution >= 4 is 6.03 Å². The van der Waals surface area contributed by atoms with Crippen LogP contribution in [0.3, 0.4) is 0 Å². The molecule has 0 fully saturated rings. The lowest BCUT2D eigenvalue weighted by molar-refractivity contribution is 0.240. The Morgan fingerprint density at radius 1 is 1.24 bits per heavy atom. The summed E-state index contributed by atoms with van der Waals surface area (Å²) in [6.45, 7) is 7.67. The van der Waals surface area contributed by atoms with Crippen LogP contribution in [0.1, 0.15) is 44.2 Å². The van der Waals surface area contributed by atoms with E-state index in [1.54, 1.807) is 0 Å². The highest BCUT2D eigenvalue weighted by Crippen LogP contribution is 2.18. The molecule has 0 saturated carbocycles. The molecule has 1 aromatic rings. The van der Waals surface area contributed by atoms with E-state index in [0.717, 1.165) is 13.0 Å². The molecule has 3 nitrogen and oxygen atoms in total. The Labute approximate surface area is 104 Å². The summed E-state index contributed by atoms with van der Waals surface area (Å²) >= 11 is 0. The van der Waals surface area contributed by atoms with Gasteiger partial charge in [-0.2, -0.15) is 0 Å². The third-order valence-electron chi connectivity index (χ3n) is 2.65. The van der Waals surface area contributed by atoms with Crippen LogP contribution in [0, 0.1) is 0 Å². The van der Waals surface area contributed by atoms with E-state index < -0.39 is 0 Å². The third kappa shape index (κ3) is 4.47. The lowest BCUT2D eigenvalue weighted by Gasteiger charge is -2.13. The molecule has 94 valence electrons. The van der Waals surface area contributed by atoms with Crippen LogP contribution in [-0.4, -0.2) is 12.6 Å². The van der Waals surface area contributed by atoms with Crippen molar-refractivity contribution in [3.63, 3.8) is 0 Å². The predicted octanol–water partition coefficient (Wildman–Crippen LogP) is 3.02. The number of amides is 2. The summed E-state index contributed by atoms with van der Waals surface area (Å²) in [6, 6.07) is 8.13. The fraction of sp³-hybridized carbons (Fsp3) is 0.500. The molecule has 0 saturated heterocycles. The van der Waals surface area contributed by atoms with Gasteiger partial charge < -0.3 is 10.6 Å². The number of hydrogen-bond donors (Lipinski definition) is 2. The van der Waals surface area contributed by atoms with Gasteiger partial charge in [0.05, 0.1) is 0 Å². The molecule has 1 aromatic carbocycles. The van der Waals surface area contributed by atoms with E-state index in [9.17, 15) is 4.79 Å². The van der Waals surface area contributed by atoms with Crippen molar-refractivity contribution in [3.05, 3.63) is 35.4 Å². The lowest BCUT2D eigenvalue weighted by Crippen LogP contribution is -2.35. The number of hydrogen-bond acceptors (Lipinski definition) is 1. The first-order chi connectivity index (χ1) is 8.15. The van der Waals surface area contributed by atoms with Crippen LogP contribution in [0.5, 0.6) is 0 Å². The van der Waals surface area contributed by atoms with E-state index >= 15 is 0 Å². The first-order valence-electron chi connectivity index (χ1n) is 6.24. The fourth-order valence-electron chi connectivity index (χ4n) is 1.73. The highest BCUT2D eigenvalue weighted by Gasteiger charge is 2.06. The molecule has 2 N–H and O–H groups in total. The Hall–Kier alpha value is -1.51. The standard InChI is InChI=1S/C14H22N2O/c1-4-9-15-14(17)16-10-12-7-5-6-8-13(12)11(2)3/h5-8,11H,4,9-10H2,1-3H3,(H2,15,16,17). The second-order valence-corrected chi connectivity index (χ2v) is 4.46. The van der Waals surface area contributed by atoms with E-state index in [1.807, 2.05) is 19.1 Å². The minimum Gasteiger partial charge on any atom is -0.338 e. The quantitative estimate of drug-likeness (QED) is 0.808. The van der Waals surface area contributed by atoms with Gasteiger partial charge >= 0.3 is 6.03 Å². The van der Waals surface area contributed by atoms with Gasteiger partial charge in [-0.05, 0) is 23.5 Å². The maximum atomic E-state index is 11.4. The maximum absolute atomic E-state index is 11.4. The molecule has 0 unspecified atom stereocenters. The smallest absolute Gasteiger partial charge is 0.315 e. The van der Waals surface area contributed by atoms with E-state index in [2.05, 4.69) is 36.6 Å². The van der Waals surface area contributed by atoms with Gasteiger partial charge in [-0.3, -0.25) is 0 Å². The summed E-state index contributed by atoms with van der Waals surface area (Å²) in [7, 11) is 0. The molecule has 0 atom stereocenters. The van der Waals surface area contributed by atoms with Crippen LogP contribution in [0.4, 0.5) is 4.79 Å². The van der Waals surface area contributed by atoms with Crippen molar-refractivity contribution in [2.75, 3.05) is 6.54 Å². The number of benzene rings is 1. The molecule has 1 rings (SSSR count). The van der Waals surface area contributed by atoms with E-state index in [1.165, 1.54) is 11.1 Å². The monoisotopic (exact) mass is 234 g/mol. The molecule has 0 radical (unpaired) electrons. The van der Waals surface area contributed by atoms with Crippen LogP contribution in [0.2, 0.25) is 0 Å². The van der Waals surface area contributed by atoms with Gasteiger partial charge in [-0.15, -0.1) is 0 Å². The Morgan fingerprint density at radius 2 is 1.94 bits per heavy atom. The molecule has 3 heteroatoms. The summed E-state index contributed by atoms with van der Waals surface area (Å²) in [6.07, 6.45) is 0.954. The Balaban J connectivity index is 2.54. The van der Waals surface area contributed by atoms with Crippen LogP contribution < -0.4 is 10.6 Å². The number of urea groups is 1. The highest BCUT2D eigenvalue weighted by atomic mass is 16.2. The number of rotatable bonds is 5. The van der Waals surface area contributed by atoms with Crippen LogP contribution in [-0.2, 0) is 6.54 Å². The van der Waals surface area contributed by atoms with E-state index in [-0.39, 0.29) is 6.03 Å². The average Bonchev–Trinajstić information content (AvgIpc) is 2.34. The average molecular weight is 234 g/mol. The lowest BCUT2D eigenvalue weighted by atomic mass is 9.97. The summed E-state index contributed by atoms with van der Waals surface area (Å²) in [5, 5.41) is 5.68. The van der Waals surface area contributed by atoms with Crippen LogP contribution >= 0.6 is 0 Å². The SMILES string of the molecule is CCCNC(=O)NCc1ccccc1C(C)C. The number of carbonyl (C=O) groups is 1. The normalized spacial score (nSPS) is 10.4. The van der Waals surface area contributed by atoms with Gasteiger partial charge in [-0.25, -0.2) is 4.79 Å². The second kappa shape index (κ2) is 6.94. The minimum atomic E-state index is -0.0922. The van der Waals surface area contributed by atoms with Gasteiger partial charge in [-0.1, -0.05) is 45.0 Å². The zero-order valence-electron chi connectivity index (χ0n) is 10.9. The van der Waals surface area contributed by atoms with Gasteiger partial charge in [0, 0.05) is 13.1 Å². The summed E-state index contributed by atoms with van der Waals surface area (Å²) in [4.78, 5) is 11.4. The fourth-order valence-corrected chi connectivity index (χ4v) is 1.73. The molecule has 17 heavy (non-hydrogen) atoms. The molecule has 0 aliphatic carbocycles. The van der Waals surface area contributed by atoms with Crippen molar-refractivity contribution in [2.24, 2.45) is 0 Å². The molecule has 0 heterocycles. The molecular formula is C14H22N2O. The van der Waals surface area contributed by atoms with Gasteiger partial charge in [0.1, 0.15) is 0 Å². The molecule has 0 aliphatic rings. The van der Waals surface area contributed by atoms with E-state index in [0.29, 0.717) is 12.5 Å². The minimum absolute atomic E-state index is 0.0922. The zero-order valence-corrected chi connectivity index (χ0v) is 10.9.